The summed E-state index contributed by atoms with van der Waals surface area (Å²) in [4.78, 5) is 2.55. The third-order valence-electron chi connectivity index (χ3n) is 8.55. The zero-order valence-corrected chi connectivity index (χ0v) is 24.0. The van der Waals surface area contributed by atoms with Crippen LogP contribution in [0, 0.1) is 6.92 Å². The smallest absolute Gasteiger partial charge is 0.268 e. The number of para-hydroxylation sites is 1. The van der Waals surface area contributed by atoms with E-state index in [1.807, 2.05) is 43.3 Å². The summed E-state index contributed by atoms with van der Waals surface area (Å²) < 4.78 is 29.2. The highest BCUT2D eigenvalue weighted by Gasteiger charge is 2.42. The molecule has 2 heterocycles. The van der Waals surface area contributed by atoms with Crippen molar-refractivity contribution in [1.82, 2.24) is 8.87 Å². The molecule has 0 fully saturated rings. The molecule has 3 atom stereocenters. The number of benzene rings is 3. The molecule has 2 aliphatic rings. The van der Waals surface area contributed by atoms with Gasteiger partial charge in [-0.2, -0.15) is 0 Å². The van der Waals surface area contributed by atoms with Crippen LogP contribution in [0.1, 0.15) is 66.1 Å². The first-order chi connectivity index (χ1) is 19.2. The van der Waals surface area contributed by atoms with Crippen molar-refractivity contribution in [2.45, 2.75) is 62.6 Å². The molecule has 0 bridgehead atoms. The Morgan fingerprint density at radius 3 is 2.48 bits per heavy atom. The van der Waals surface area contributed by atoms with Crippen LogP contribution in [0.3, 0.4) is 0 Å². The third-order valence-corrected chi connectivity index (χ3v) is 10.2. The van der Waals surface area contributed by atoms with Crippen molar-refractivity contribution in [2.75, 3.05) is 13.2 Å². The standard InChI is InChI=1S/C33H36N2O4S/c1-21(2)26-9-6-7-24-18-31(37)33(32(24)26)34-16-15-23(20-36)17-30(34)28-19-35(29-10-5-4-8-27(28)29)40(38,39)25-13-11-22(3)12-14-25/h4-14,17,19,21,30-31,33,36-37H,15-16,18,20H2,1-3H3/t30-,31+,33+/m0/s1. The van der Waals surface area contributed by atoms with Crippen molar-refractivity contribution in [2.24, 2.45) is 0 Å². The van der Waals surface area contributed by atoms with Gasteiger partial charge >= 0.3 is 0 Å². The summed E-state index contributed by atoms with van der Waals surface area (Å²) in [6.07, 6.45) is 4.51. The monoisotopic (exact) mass is 556 g/mol. The van der Waals surface area contributed by atoms with Crippen molar-refractivity contribution >= 4 is 20.9 Å². The van der Waals surface area contributed by atoms with E-state index in [1.54, 1.807) is 18.3 Å². The number of fused-ring (bicyclic) bond motifs is 2. The van der Waals surface area contributed by atoms with Crippen LogP contribution in [0.2, 0.25) is 0 Å². The first-order valence-electron chi connectivity index (χ1n) is 14.0. The molecular formula is C33H36N2O4S. The minimum atomic E-state index is -3.85. The molecule has 6 nitrogen and oxygen atoms in total. The van der Waals surface area contributed by atoms with Crippen LogP contribution < -0.4 is 0 Å². The average Bonchev–Trinajstić information content (AvgIpc) is 3.50. The predicted octanol–water partition coefficient (Wildman–Crippen LogP) is 5.63. The van der Waals surface area contributed by atoms with Crippen molar-refractivity contribution < 1.29 is 18.6 Å². The van der Waals surface area contributed by atoms with E-state index in [0.717, 1.165) is 22.1 Å². The van der Waals surface area contributed by atoms with Gasteiger partial charge in [-0.1, -0.05) is 74.0 Å². The number of nitrogens with zero attached hydrogens (tertiary/aromatic N) is 2. The minimum absolute atomic E-state index is 0.0499. The Hall–Kier alpha value is -3.23. The topological polar surface area (TPSA) is 82.8 Å². The molecule has 3 aromatic carbocycles. The average molecular weight is 557 g/mol. The molecule has 0 amide bonds. The Labute approximate surface area is 236 Å². The molecule has 40 heavy (non-hydrogen) atoms. The fourth-order valence-electron chi connectivity index (χ4n) is 6.55. The van der Waals surface area contributed by atoms with E-state index >= 15 is 0 Å². The van der Waals surface area contributed by atoms with Crippen LogP contribution >= 0.6 is 0 Å². The molecule has 1 aliphatic carbocycles. The van der Waals surface area contributed by atoms with E-state index in [-0.39, 0.29) is 23.6 Å². The molecule has 208 valence electrons. The van der Waals surface area contributed by atoms with Gasteiger partial charge in [-0.15, -0.1) is 0 Å². The fourth-order valence-corrected chi connectivity index (χ4v) is 7.93. The zero-order chi connectivity index (χ0) is 28.2. The second kappa shape index (κ2) is 10.3. The Balaban J connectivity index is 1.53. The second-order valence-corrected chi connectivity index (χ2v) is 13.2. The molecule has 1 aliphatic heterocycles. The number of aliphatic hydroxyl groups is 2. The number of hydrogen-bond donors (Lipinski definition) is 2. The van der Waals surface area contributed by atoms with Gasteiger partial charge < -0.3 is 10.2 Å². The van der Waals surface area contributed by atoms with Crippen molar-refractivity contribution in [3.05, 3.63) is 112 Å². The van der Waals surface area contributed by atoms with Crippen LogP contribution in [0.15, 0.2) is 89.5 Å². The van der Waals surface area contributed by atoms with Crippen LogP contribution in [0.25, 0.3) is 10.9 Å². The number of aryl methyl sites for hydroxylation is 1. The van der Waals surface area contributed by atoms with E-state index in [1.165, 1.54) is 20.7 Å². The first kappa shape index (κ1) is 27.0. The van der Waals surface area contributed by atoms with Crippen molar-refractivity contribution in [1.29, 1.82) is 0 Å². The normalized spacial score (nSPS) is 21.6. The summed E-state index contributed by atoms with van der Waals surface area (Å²) in [5.74, 6) is 0.302. The lowest BCUT2D eigenvalue weighted by Crippen LogP contribution is -2.40. The van der Waals surface area contributed by atoms with Crippen LogP contribution in [0.5, 0.6) is 0 Å². The molecule has 0 radical (unpaired) electrons. The maximum atomic E-state index is 13.9. The van der Waals surface area contributed by atoms with Gasteiger partial charge in [0.05, 0.1) is 35.2 Å². The van der Waals surface area contributed by atoms with Crippen molar-refractivity contribution in [3.8, 4) is 0 Å². The third kappa shape index (κ3) is 4.41. The highest BCUT2D eigenvalue weighted by Crippen LogP contribution is 2.47. The summed E-state index contributed by atoms with van der Waals surface area (Å²) in [7, 11) is -3.85. The maximum absolute atomic E-state index is 13.9. The molecule has 1 aromatic heterocycles. The van der Waals surface area contributed by atoms with Crippen molar-refractivity contribution in [3.63, 3.8) is 0 Å². The minimum Gasteiger partial charge on any atom is -0.392 e. The van der Waals surface area contributed by atoms with Gasteiger partial charge in [0, 0.05) is 24.5 Å². The lowest BCUT2D eigenvalue weighted by atomic mass is 9.88. The molecular weight excluding hydrogens is 520 g/mol. The van der Waals surface area contributed by atoms with Gasteiger partial charge in [0.1, 0.15) is 0 Å². The summed E-state index contributed by atoms with van der Waals surface area (Å²) >= 11 is 0. The Morgan fingerprint density at radius 2 is 1.75 bits per heavy atom. The van der Waals surface area contributed by atoms with Gasteiger partial charge in [-0.05, 0) is 65.3 Å². The van der Waals surface area contributed by atoms with Gasteiger partial charge in [-0.25, -0.2) is 12.4 Å². The molecule has 0 unspecified atom stereocenters. The second-order valence-electron chi connectivity index (χ2n) is 11.4. The Kier molecular flexibility index (Phi) is 6.95. The number of hydrogen-bond acceptors (Lipinski definition) is 5. The van der Waals surface area contributed by atoms with Crippen LogP contribution in [0.4, 0.5) is 0 Å². The van der Waals surface area contributed by atoms with E-state index in [9.17, 15) is 18.6 Å². The quantitative estimate of drug-likeness (QED) is 0.301. The van der Waals surface area contributed by atoms with Gasteiger partial charge in [0.15, 0.2) is 0 Å². The molecule has 6 rings (SSSR count). The highest BCUT2D eigenvalue weighted by molar-refractivity contribution is 7.90. The maximum Gasteiger partial charge on any atom is 0.268 e. The predicted molar refractivity (Wildman–Crippen MR) is 158 cm³/mol. The molecule has 4 aromatic rings. The molecule has 0 spiro atoms. The summed E-state index contributed by atoms with van der Waals surface area (Å²) in [5.41, 5.74) is 6.96. The van der Waals surface area contributed by atoms with Crippen LogP contribution in [-0.2, 0) is 16.4 Å². The lowest BCUT2D eigenvalue weighted by Gasteiger charge is -2.41. The van der Waals surface area contributed by atoms with E-state index in [4.69, 9.17) is 0 Å². The van der Waals surface area contributed by atoms with E-state index in [2.05, 4.69) is 43.0 Å². The Bertz CT molecular complexity index is 1700. The summed E-state index contributed by atoms with van der Waals surface area (Å²) in [5, 5.41) is 22.4. The van der Waals surface area contributed by atoms with Gasteiger partial charge in [0.25, 0.3) is 10.0 Å². The van der Waals surface area contributed by atoms with Crippen LogP contribution in [-0.4, -0.2) is 46.8 Å². The summed E-state index contributed by atoms with van der Waals surface area (Å²) in [6, 6.07) is 20.3. The van der Waals surface area contributed by atoms with E-state index in [0.29, 0.717) is 30.8 Å². The fraction of sp³-hybridized carbons (Fsp3) is 0.333. The SMILES string of the molecule is Cc1ccc(S(=O)(=O)n2cc([C@@H]3C=C(CO)CCN3[C@H]3c4c(cccc4C(C)C)C[C@H]3O)c3ccccc32)cc1. The molecule has 0 saturated carbocycles. The Morgan fingerprint density at radius 1 is 1.00 bits per heavy atom. The molecule has 2 N–H and O–H groups in total. The first-order valence-corrected chi connectivity index (χ1v) is 15.4. The lowest BCUT2D eigenvalue weighted by molar-refractivity contribution is 0.0403. The number of rotatable bonds is 6. The molecule has 0 saturated heterocycles. The summed E-state index contributed by atoms with van der Waals surface area (Å²) in [6.45, 7) is 6.89. The zero-order valence-electron chi connectivity index (χ0n) is 23.2. The van der Waals surface area contributed by atoms with E-state index < -0.39 is 16.1 Å². The van der Waals surface area contributed by atoms with Gasteiger partial charge in [0.2, 0.25) is 0 Å². The number of aliphatic hydroxyl groups excluding tert-OH is 2. The molecule has 7 heteroatoms. The van der Waals surface area contributed by atoms with Gasteiger partial charge in [-0.3, -0.25) is 4.90 Å². The highest BCUT2D eigenvalue weighted by atomic mass is 32.2. The largest absolute Gasteiger partial charge is 0.392 e. The number of aromatic nitrogens is 1.